The molecular formula is C8H7ClFNS2. The van der Waals surface area contributed by atoms with Gasteiger partial charge in [0.2, 0.25) is 0 Å². The van der Waals surface area contributed by atoms with Gasteiger partial charge < -0.3 is 5.32 Å². The Kier molecular flexibility index (Phi) is 3.96. The van der Waals surface area contributed by atoms with Crippen LogP contribution in [0.2, 0.25) is 5.02 Å². The van der Waals surface area contributed by atoms with Gasteiger partial charge >= 0.3 is 0 Å². The van der Waals surface area contributed by atoms with Crippen molar-refractivity contribution in [3.05, 3.63) is 29.0 Å². The lowest BCUT2D eigenvalue weighted by atomic mass is 10.3. The summed E-state index contributed by atoms with van der Waals surface area (Å²) in [4.78, 5) is 0. The largest absolute Gasteiger partial charge is 0.341 e. The minimum atomic E-state index is -0.428. The molecule has 0 fully saturated rings. The quantitative estimate of drug-likeness (QED) is 0.748. The second kappa shape index (κ2) is 4.79. The van der Waals surface area contributed by atoms with Gasteiger partial charge in [-0.2, -0.15) is 0 Å². The highest BCUT2D eigenvalue weighted by atomic mass is 35.5. The Bertz CT molecular complexity index is 330. The highest BCUT2D eigenvalue weighted by Gasteiger charge is 2.01. The van der Waals surface area contributed by atoms with Crippen LogP contribution in [0.15, 0.2) is 18.2 Å². The first-order valence-corrected chi connectivity index (χ1v) is 5.44. The van der Waals surface area contributed by atoms with Crippen molar-refractivity contribution >= 4 is 45.6 Å². The van der Waals surface area contributed by atoms with Gasteiger partial charge in [0.05, 0.1) is 5.02 Å². The first-order chi connectivity index (χ1) is 6.13. The summed E-state index contributed by atoms with van der Waals surface area (Å²) >= 11 is 11.9. The normalized spacial score (nSPS) is 9.77. The number of nitrogens with one attached hydrogen (secondary N) is 1. The van der Waals surface area contributed by atoms with Crippen LogP contribution in [-0.2, 0) is 0 Å². The third kappa shape index (κ3) is 3.14. The second-order valence-corrected chi connectivity index (χ2v) is 4.14. The maximum atomic E-state index is 12.7. The molecular weight excluding hydrogens is 229 g/mol. The zero-order valence-corrected chi connectivity index (χ0v) is 9.19. The number of thiocarbonyl (C=S) groups is 1. The van der Waals surface area contributed by atoms with Crippen LogP contribution in [0.25, 0.3) is 0 Å². The van der Waals surface area contributed by atoms with Crippen molar-refractivity contribution in [2.75, 3.05) is 11.6 Å². The van der Waals surface area contributed by atoms with E-state index in [1.54, 1.807) is 6.07 Å². The van der Waals surface area contributed by atoms with E-state index in [9.17, 15) is 4.39 Å². The van der Waals surface area contributed by atoms with Crippen LogP contribution in [0, 0.1) is 5.82 Å². The van der Waals surface area contributed by atoms with Crippen LogP contribution < -0.4 is 5.32 Å². The molecule has 0 radical (unpaired) electrons. The van der Waals surface area contributed by atoms with Gasteiger partial charge in [-0.05, 0) is 24.5 Å². The smallest absolute Gasteiger partial charge is 0.141 e. The number of hydrogen-bond acceptors (Lipinski definition) is 2. The van der Waals surface area contributed by atoms with Crippen LogP contribution in [0.3, 0.4) is 0 Å². The highest BCUT2D eigenvalue weighted by Crippen LogP contribution is 2.20. The van der Waals surface area contributed by atoms with Crippen molar-refractivity contribution in [1.82, 2.24) is 0 Å². The summed E-state index contributed by atoms with van der Waals surface area (Å²) in [5.74, 6) is -0.428. The van der Waals surface area contributed by atoms with Gasteiger partial charge in [0, 0.05) is 5.69 Å². The summed E-state index contributed by atoms with van der Waals surface area (Å²) in [7, 11) is 0. The fourth-order valence-corrected chi connectivity index (χ4v) is 1.26. The van der Waals surface area contributed by atoms with E-state index in [0.29, 0.717) is 10.0 Å². The fraction of sp³-hybridized carbons (Fsp3) is 0.125. The van der Waals surface area contributed by atoms with Crippen molar-refractivity contribution < 1.29 is 4.39 Å². The average molecular weight is 236 g/mol. The molecule has 0 bridgehead atoms. The topological polar surface area (TPSA) is 12.0 Å². The minimum absolute atomic E-state index is 0.0916. The third-order valence-corrected chi connectivity index (χ3v) is 2.72. The van der Waals surface area contributed by atoms with E-state index in [2.05, 4.69) is 5.32 Å². The molecule has 70 valence electrons. The Hall–Kier alpha value is -0.320. The van der Waals surface area contributed by atoms with Crippen molar-refractivity contribution in [2.24, 2.45) is 0 Å². The molecule has 0 aliphatic carbocycles. The molecule has 0 unspecified atom stereocenters. The van der Waals surface area contributed by atoms with E-state index in [0.717, 1.165) is 0 Å². The van der Waals surface area contributed by atoms with E-state index in [1.165, 1.54) is 23.9 Å². The molecule has 0 atom stereocenters. The predicted molar refractivity (Wildman–Crippen MR) is 61.1 cm³/mol. The zero-order chi connectivity index (χ0) is 9.84. The summed E-state index contributed by atoms with van der Waals surface area (Å²) in [6.07, 6.45) is 1.86. The molecule has 0 aliphatic rings. The molecule has 0 aliphatic heterocycles. The van der Waals surface area contributed by atoms with E-state index in [4.69, 9.17) is 23.8 Å². The monoisotopic (exact) mass is 235 g/mol. The van der Waals surface area contributed by atoms with Gasteiger partial charge in [-0.1, -0.05) is 23.8 Å². The first kappa shape index (κ1) is 10.8. The maximum Gasteiger partial charge on any atom is 0.141 e. The molecule has 0 saturated heterocycles. The standard InChI is InChI=1S/C8H7ClFNS2/c1-13-8(12)11-5-2-3-7(10)6(9)4-5/h2-4H,1H3,(H,11,12). The Labute approximate surface area is 90.7 Å². The van der Waals surface area contributed by atoms with Crippen LogP contribution in [0.4, 0.5) is 10.1 Å². The molecule has 0 saturated carbocycles. The fourth-order valence-electron chi connectivity index (χ4n) is 0.743. The molecule has 0 heterocycles. The van der Waals surface area contributed by atoms with Crippen LogP contribution >= 0.6 is 35.6 Å². The Morgan fingerprint density at radius 3 is 2.85 bits per heavy atom. The minimum Gasteiger partial charge on any atom is -0.341 e. The Balaban J connectivity index is 2.79. The molecule has 1 N–H and O–H groups in total. The van der Waals surface area contributed by atoms with Gasteiger partial charge in [0.25, 0.3) is 0 Å². The van der Waals surface area contributed by atoms with Gasteiger partial charge in [0.1, 0.15) is 10.1 Å². The summed E-state index contributed by atoms with van der Waals surface area (Å²) in [5, 5.41) is 2.99. The Morgan fingerprint density at radius 1 is 1.62 bits per heavy atom. The van der Waals surface area contributed by atoms with Crippen LogP contribution in [0.5, 0.6) is 0 Å². The zero-order valence-electron chi connectivity index (χ0n) is 6.80. The van der Waals surface area contributed by atoms with E-state index < -0.39 is 5.82 Å². The van der Waals surface area contributed by atoms with E-state index >= 15 is 0 Å². The molecule has 0 amide bonds. The molecule has 1 aromatic rings. The number of benzene rings is 1. The summed E-state index contributed by atoms with van der Waals surface area (Å²) in [6, 6.07) is 4.39. The molecule has 1 aromatic carbocycles. The molecule has 13 heavy (non-hydrogen) atoms. The number of anilines is 1. The van der Waals surface area contributed by atoms with Gasteiger partial charge in [-0.3, -0.25) is 0 Å². The number of hydrogen-bond donors (Lipinski definition) is 1. The lowest BCUT2D eigenvalue weighted by molar-refractivity contribution is 0.628. The molecule has 5 heteroatoms. The van der Waals surface area contributed by atoms with Crippen molar-refractivity contribution in [3.63, 3.8) is 0 Å². The first-order valence-electron chi connectivity index (χ1n) is 3.43. The van der Waals surface area contributed by atoms with Gasteiger partial charge in [-0.15, -0.1) is 11.8 Å². The maximum absolute atomic E-state index is 12.7. The summed E-state index contributed by atoms with van der Waals surface area (Å²) in [6.45, 7) is 0. The van der Waals surface area contributed by atoms with Crippen LogP contribution in [0.1, 0.15) is 0 Å². The number of thioether (sulfide) groups is 1. The van der Waals surface area contributed by atoms with Crippen molar-refractivity contribution in [1.29, 1.82) is 0 Å². The van der Waals surface area contributed by atoms with E-state index in [-0.39, 0.29) is 5.02 Å². The molecule has 0 aromatic heterocycles. The predicted octanol–water partition coefficient (Wildman–Crippen LogP) is 3.54. The average Bonchev–Trinajstić information content (AvgIpc) is 2.11. The molecule has 1 nitrogen and oxygen atoms in total. The molecule has 1 rings (SSSR count). The van der Waals surface area contributed by atoms with Crippen molar-refractivity contribution in [3.8, 4) is 0 Å². The number of rotatable bonds is 1. The highest BCUT2D eigenvalue weighted by molar-refractivity contribution is 8.22. The third-order valence-electron chi connectivity index (χ3n) is 1.35. The second-order valence-electron chi connectivity index (χ2n) is 2.25. The van der Waals surface area contributed by atoms with E-state index in [1.807, 2.05) is 6.26 Å². The lowest BCUT2D eigenvalue weighted by Gasteiger charge is -2.05. The Morgan fingerprint density at radius 2 is 2.31 bits per heavy atom. The lowest BCUT2D eigenvalue weighted by Crippen LogP contribution is -2.03. The molecule has 0 spiro atoms. The van der Waals surface area contributed by atoms with Crippen molar-refractivity contribution in [2.45, 2.75) is 0 Å². The number of halogens is 2. The van der Waals surface area contributed by atoms with Gasteiger partial charge in [0.15, 0.2) is 0 Å². The van der Waals surface area contributed by atoms with Crippen LogP contribution in [-0.4, -0.2) is 10.6 Å². The summed E-state index contributed by atoms with van der Waals surface area (Å²) < 4.78 is 13.3. The summed E-state index contributed by atoms with van der Waals surface area (Å²) in [5.41, 5.74) is 0.700. The van der Waals surface area contributed by atoms with Gasteiger partial charge in [-0.25, -0.2) is 4.39 Å². The SMILES string of the molecule is CSC(=S)Nc1ccc(F)c(Cl)c1.